The summed E-state index contributed by atoms with van der Waals surface area (Å²) in [5, 5.41) is 10.2. The van der Waals surface area contributed by atoms with Gasteiger partial charge in [0, 0.05) is 13.6 Å². The Balaban J connectivity index is 1.95. The van der Waals surface area contributed by atoms with Gasteiger partial charge in [-0.15, -0.1) is 0 Å². The SMILES string of the molecule is C=CCOC(=O)N(C)[C@H]1C[C@@H](/C=C(\C)C2=C(C(=O)O)N3C(=O)[C@H]([C@@](C)(O[SiH](C)C)C(C)(C)C)[C@H]3C2)N(C(=O)OCC=C)C1. The van der Waals surface area contributed by atoms with Gasteiger partial charge in [-0.25, -0.2) is 14.4 Å². The molecule has 2 fully saturated rings. The first-order valence-corrected chi connectivity index (χ1v) is 17.5. The van der Waals surface area contributed by atoms with E-state index in [-0.39, 0.29) is 48.9 Å². The maximum atomic E-state index is 13.7. The van der Waals surface area contributed by atoms with E-state index in [2.05, 4.69) is 26.3 Å². The van der Waals surface area contributed by atoms with E-state index in [0.29, 0.717) is 24.0 Å². The summed E-state index contributed by atoms with van der Waals surface area (Å²) in [7, 11) is 0.0536. The number of fused-ring (bicyclic) bond motifs is 1. The number of β-lactam (4-membered cyclic amide) rings is 1. The number of aliphatic carboxylic acids is 1. The number of carbonyl (C=O) groups is 4. The molecule has 3 amide bonds. The normalized spacial score (nSPS) is 25.2. The summed E-state index contributed by atoms with van der Waals surface area (Å²) in [6.07, 6.45) is 4.42. The highest BCUT2D eigenvalue weighted by atomic mass is 28.3. The molecule has 0 bridgehead atoms. The lowest BCUT2D eigenvalue weighted by molar-refractivity contribution is -0.180. The largest absolute Gasteiger partial charge is 0.477 e. The fraction of sp³-hybridized carbons (Fsp3) is 0.613. The summed E-state index contributed by atoms with van der Waals surface area (Å²) in [6.45, 7) is 21.5. The molecule has 0 unspecified atom stereocenters. The van der Waals surface area contributed by atoms with E-state index in [9.17, 15) is 24.3 Å². The van der Waals surface area contributed by atoms with Gasteiger partial charge in [0.1, 0.15) is 18.9 Å². The van der Waals surface area contributed by atoms with Gasteiger partial charge in [0.05, 0.1) is 29.6 Å². The number of hydrogen-bond donors (Lipinski definition) is 1. The Morgan fingerprint density at radius 3 is 2.26 bits per heavy atom. The summed E-state index contributed by atoms with van der Waals surface area (Å²) in [6, 6.07) is -1.20. The second-order valence-electron chi connectivity index (χ2n) is 12.9. The Morgan fingerprint density at radius 2 is 1.72 bits per heavy atom. The predicted octanol–water partition coefficient (Wildman–Crippen LogP) is 4.33. The average molecular weight is 618 g/mol. The number of amides is 3. The molecule has 5 atom stereocenters. The number of likely N-dealkylation sites (N-methyl/N-ethyl adjacent to an activating group) is 1. The maximum Gasteiger partial charge on any atom is 0.410 e. The van der Waals surface area contributed by atoms with E-state index in [1.165, 1.54) is 26.9 Å². The van der Waals surface area contributed by atoms with Crippen molar-refractivity contribution in [3.05, 3.63) is 48.2 Å². The molecule has 3 heterocycles. The first-order chi connectivity index (χ1) is 20.0. The Bertz CT molecular complexity index is 1220. The van der Waals surface area contributed by atoms with Crippen molar-refractivity contribution in [2.24, 2.45) is 11.3 Å². The van der Waals surface area contributed by atoms with Gasteiger partial charge < -0.3 is 28.8 Å². The van der Waals surface area contributed by atoms with Crippen molar-refractivity contribution in [3.8, 4) is 0 Å². The van der Waals surface area contributed by atoms with E-state index in [1.807, 2.05) is 33.8 Å². The zero-order chi connectivity index (χ0) is 32.4. The Morgan fingerprint density at radius 1 is 1.12 bits per heavy atom. The highest BCUT2D eigenvalue weighted by molar-refractivity contribution is 6.48. The van der Waals surface area contributed by atoms with Gasteiger partial charge in [-0.2, -0.15) is 0 Å². The quantitative estimate of drug-likeness (QED) is 0.206. The highest BCUT2D eigenvalue weighted by Crippen LogP contribution is 2.54. The van der Waals surface area contributed by atoms with E-state index in [1.54, 1.807) is 14.0 Å². The third-order valence-electron chi connectivity index (χ3n) is 8.88. The van der Waals surface area contributed by atoms with Crippen molar-refractivity contribution >= 4 is 33.1 Å². The molecule has 0 aliphatic carbocycles. The van der Waals surface area contributed by atoms with Gasteiger partial charge >= 0.3 is 18.2 Å². The molecular weight excluding hydrogens is 570 g/mol. The number of carbonyl (C=O) groups excluding carboxylic acids is 3. The zero-order valence-corrected chi connectivity index (χ0v) is 27.9. The Kier molecular flexibility index (Phi) is 10.4. The van der Waals surface area contributed by atoms with Crippen LogP contribution in [0.15, 0.2) is 48.2 Å². The van der Waals surface area contributed by atoms with E-state index in [0.717, 1.165) is 0 Å². The molecule has 0 aromatic heterocycles. The third kappa shape index (κ3) is 6.59. The van der Waals surface area contributed by atoms with Crippen molar-refractivity contribution in [1.82, 2.24) is 14.7 Å². The average Bonchev–Trinajstić information content (AvgIpc) is 3.48. The van der Waals surface area contributed by atoms with Crippen LogP contribution in [0.1, 0.15) is 47.5 Å². The third-order valence-corrected chi connectivity index (χ3v) is 9.85. The molecule has 11 nitrogen and oxygen atoms in total. The number of hydrogen-bond acceptors (Lipinski definition) is 7. The van der Waals surface area contributed by atoms with Gasteiger partial charge in [-0.3, -0.25) is 9.69 Å². The summed E-state index contributed by atoms with van der Waals surface area (Å²) in [4.78, 5) is 56.1. The second kappa shape index (κ2) is 13.1. The first-order valence-electron chi connectivity index (χ1n) is 14.7. The topological polar surface area (TPSA) is 126 Å². The molecule has 0 saturated carbocycles. The summed E-state index contributed by atoms with van der Waals surface area (Å²) in [5.74, 6) is -1.91. The number of nitrogens with zero attached hydrogens (tertiary/aromatic N) is 3. The van der Waals surface area contributed by atoms with Crippen LogP contribution in [0, 0.1) is 11.3 Å². The summed E-state index contributed by atoms with van der Waals surface area (Å²) >= 11 is 0. The van der Waals surface area contributed by atoms with Crippen LogP contribution in [0.2, 0.25) is 13.1 Å². The molecule has 43 heavy (non-hydrogen) atoms. The predicted molar refractivity (Wildman–Crippen MR) is 165 cm³/mol. The lowest BCUT2D eigenvalue weighted by Crippen LogP contribution is -2.70. The molecule has 0 radical (unpaired) electrons. The van der Waals surface area contributed by atoms with Crippen LogP contribution in [0.4, 0.5) is 9.59 Å². The number of allylic oxidation sites excluding steroid dienone is 1. The van der Waals surface area contributed by atoms with E-state index >= 15 is 0 Å². The fourth-order valence-electron chi connectivity index (χ4n) is 6.34. The van der Waals surface area contributed by atoms with E-state index in [4.69, 9.17) is 13.9 Å². The van der Waals surface area contributed by atoms with Crippen molar-refractivity contribution in [1.29, 1.82) is 0 Å². The minimum Gasteiger partial charge on any atom is -0.477 e. The summed E-state index contributed by atoms with van der Waals surface area (Å²) < 4.78 is 17.0. The second-order valence-corrected chi connectivity index (χ2v) is 15.2. The van der Waals surface area contributed by atoms with Crippen LogP contribution in [0.25, 0.3) is 0 Å². The van der Waals surface area contributed by atoms with Gasteiger partial charge in [0.2, 0.25) is 5.91 Å². The van der Waals surface area contributed by atoms with Crippen molar-refractivity contribution in [3.63, 3.8) is 0 Å². The lowest BCUT2D eigenvalue weighted by atomic mass is 9.63. The zero-order valence-electron chi connectivity index (χ0n) is 26.7. The van der Waals surface area contributed by atoms with Crippen LogP contribution in [-0.4, -0.2) is 103 Å². The van der Waals surface area contributed by atoms with Crippen LogP contribution in [0.5, 0.6) is 0 Å². The van der Waals surface area contributed by atoms with Crippen molar-refractivity contribution in [2.75, 3.05) is 26.8 Å². The number of carboxylic acids is 1. The van der Waals surface area contributed by atoms with Crippen LogP contribution < -0.4 is 0 Å². The molecule has 3 aliphatic heterocycles. The number of ether oxygens (including phenoxy) is 2. The van der Waals surface area contributed by atoms with Crippen molar-refractivity contribution in [2.45, 2.75) is 84.3 Å². The van der Waals surface area contributed by atoms with Gasteiger partial charge in [-0.1, -0.05) is 52.2 Å². The molecule has 2 saturated heterocycles. The number of rotatable bonds is 11. The Hall–Kier alpha value is -3.38. The molecular formula is C31H47N3O8Si. The van der Waals surface area contributed by atoms with Crippen LogP contribution in [0.3, 0.4) is 0 Å². The molecule has 238 valence electrons. The Labute approximate surface area is 256 Å². The monoisotopic (exact) mass is 617 g/mol. The minimum atomic E-state index is -1.55. The fourth-order valence-corrected chi connectivity index (χ4v) is 7.82. The summed E-state index contributed by atoms with van der Waals surface area (Å²) in [5.41, 5.74) is 0.0420. The van der Waals surface area contributed by atoms with E-state index < -0.39 is 44.8 Å². The molecule has 0 spiro atoms. The molecule has 1 N–H and O–H groups in total. The molecule has 3 rings (SSSR count). The smallest absolute Gasteiger partial charge is 0.410 e. The maximum absolute atomic E-state index is 13.7. The van der Waals surface area contributed by atoms with Gasteiger partial charge in [0.25, 0.3) is 0 Å². The standard InChI is InChI=1S/C31H47N3O8Si/c1-11-13-40-28(38)32(8)21-16-20(33(18-21)29(39)41-14-12-2)15-19(3)22-17-23-24(26(35)34(23)25(22)27(36)37)31(7,30(4,5)6)42-43(9)10/h11-12,15,20-21,23-24,43H,1-2,13-14,16-18H2,3-10H3,(H,36,37)/b19-15+/t20-,21+,23-,24-,31-/m1/s1. The minimum absolute atomic E-state index is 0.0228. The lowest BCUT2D eigenvalue weighted by Gasteiger charge is -2.57. The number of carboxylic acid groups (broad SMARTS) is 1. The molecule has 0 aromatic carbocycles. The van der Waals surface area contributed by atoms with Gasteiger partial charge in [0.15, 0.2) is 9.04 Å². The first kappa shape index (κ1) is 34.1. The van der Waals surface area contributed by atoms with Crippen LogP contribution in [-0.2, 0) is 23.5 Å². The van der Waals surface area contributed by atoms with Crippen LogP contribution >= 0.6 is 0 Å². The van der Waals surface area contributed by atoms with Crippen molar-refractivity contribution < 1.29 is 38.2 Å². The molecule has 12 heteroatoms. The number of likely N-dealkylation sites (tertiary alicyclic amines) is 1. The molecule has 0 aromatic rings. The highest BCUT2D eigenvalue weighted by Gasteiger charge is 2.64. The molecule has 3 aliphatic rings. The van der Waals surface area contributed by atoms with Gasteiger partial charge in [-0.05, 0) is 56.3 Å².